The molecule has 0 aliphatic heterocycles. The smallest absolute Gasteiger partial charge is 0.160 e. The maximum absolute atomic E-state index is 5.16. The van der Waals surface area contributed by atoms with Gasteiger partial charge in [0, 0.05) is 22.3 Å². The van der Waals surface area contributed by atoms with Crippen molar-refractivity contribution < 1.29 is 0 Å². The molecule has 0 atom stereocenters. The molecule has 0 amide bonds. The maximum atomic E-state index is 5.16. The molecule has 0 N–H and O–H groups in total. The lowest BCUT2D eigenvalue weighted by Crippen LogP contribution is -1.97. The largest absolute Gasteiger partial charge is 0.264 e. The second-order valence-corrected chi connectivity index (χ2v) is 10.9. The van der Waals surface area contributed by atoms with Crippen LogP contribution in [0.4, 0.5) is 0 Å². The lowest BCUT2D eigenvalue weighted by atomic mass is 9.90. The molecule has 7 aromatic rings. The van der Waals surface area contributed by atoms with Crippen LogP contribution in [0.3, 0.4) is 0 Å². The average molecular weight is 578 g/mol. The quantitative estimate of drug-likeness (QED) is 0.107. The van der Waals surface area contributed by atoms with E-state index in [-0.39, 0.29) is 0 Å². The Kier molecular flexibility index (Phi) is 7.65. The molecule has 45 heavy (non-hydrogen) atoms. The number of aliphatic imine (C=N–C) groups is 1. The number of nitrogens with zero attached hydrogens (tertiary/aromatic N) is 3. The molecule has 0 radical (unpaired) electrons. The first-order chi connectivity index (χ1) is 22.2. The Hall–Kier alpha value is -5.93. The first-order valence-corrected chi connectivity index (χ1v) is 15.1. The first-order valence-electron chi connectivity index (χ1n) is 15.1. The second kappa shape index (κ2) is 12.4. The predicted molar refractivity (Wildman–Crippen MR) is 191 cm³/mol. The highest BCUT2D eigenvalue weighted by atomic mass is 14.9. The Morgan fingerprint density at radius 3 is 1.67 bits per heavy atom. The zero-order valence-corrected chi connectivity index (χ0v) is 25.1. The van der Waals surface area contributed by atoms with E-state index in [0.29, 0.717) is 5.82 Å². The normalized spacial score (nSPS) is 11.8. The molecule has 7 rings (SSSR count). The van der Waals surface area contributed by atoms with Crippen LogP contribution in [0.1, 0.15) is 12.5 Å². The Balaban J connectivity index is 1.55. The van der Waals surface area contributed by atoms with Crippen LogP contribution in [0.15, 0.2) is 163 Å². The van der Waals surface area contributed by atoms with Gasteiger partial charge in [0.25, 0.3) is 0 Å². The average Bonchev–Trinajstić information content (AvgIpc) is 3.11. The molecule has 0 aliphatic carbocycles. The van der Waals surface area contributed by atoms with E-state index in [0.717, 1.165) is 44.9 Å². The van der Waals surface area contributed by atoms with Crippen molar-refractivity contribution in [2.24, 2.45) is 4.99 Å². The van der Waals surface area contributed by atoms with Crippen molar-refractivity contribution in [3.8, 4) is 45.0 Å². The molecule has 0 spiro atoms. The van der Waals surface area contributed by atoms with E-state index in [1.807, 2.05) is 61.5 Å². The molecule has 0 saturated carbocycles. The van der Waals surface area contributed by atoms with Gasteiger partial charge in [0.2, 0.25) is 0 Å². The summed E-state index contributed by atoms with van der Waals surface area (Å²) in [6.07, 6.45) is 5.98. The summed E-state index contributed by atoms with van der Waals surface area (Å²) in [5.74, 6) is 0.650. The fourth-order valence-electron chi connectivity index (χ4n) is 5.89. The Morgan fingerprint density at radius 1 is 0.578 bits per heavy atom. The molecule has 0 bridgehead atoms. The fraction of sp³-hybridized carbons (Fsp3) is 0.0238. The molecule has 1 heterocycles. The molecule has 214 valence electrons. The third-order valence-corrected chi connectivity index (χ3v) is 8.03. The van der Waals surface area contributed by atoms with Gasteiger partial charge in [-0.1, -0.05) is 121 Å². The van der Waals surface area contributed by atoms with E-state index in [1.54, 1.807) is 0 Å². The lowest BCUT2D eigenvalue weighted by Gasteiger charge is -2.16. The van der Waals surface area contributed by atoms with Crippen LogP contribution >= 0.6 is 0 Å². The third-order valence-electron chi connectivity index (χ3n) is 8.03. The van der Waals surface area contributed by atoms with Crippen molar-refractivity contribution in [2.45, 2.75) is 6.92 Å². The van der Waals surface area contributed by atoms with E-state index in [9.17, 15) is 0 Å². The summed E-state index contributed by atoms with van der Waals surface area (Å²) in [7, 11) is 0. The summed E-state index contributed by atoms with van der Waals surface area (Å²) < 4.78 is 0. The molecule has 0 aliphatic rings. The van der Waals surface area contributed by atoms with Gasteiger partial charge >= 0.3 is 0 Å². The molecule has 0 fully saturated rings. The number of fused-ring (bicyclic) bond motifs is 2. The van der Waals surface area contributed by atoms with Crippen LogP contribution in [0, 0.1) is 0 Å². The van der Waals surface area contributed by atoms with E-state index < -0.39 is 0 Å². The standard InChI is InChI=1S/C42H31N3/c1-3-4-23-38(43-2)33-25-34(41-36-21-13-11-19-31(36)24-32-20-12-14-22-37(32)41)27-35(26-33)42-44-39(29-15-7-5-8-16-29)28-40(45-42)30-17-9-6-10-18-30/h3-28H,2H2,1H3/b4-3-,38-23-. The van der Waals surface area contributed by atoms with Gasteiger partial charge in [-0.15, -0.1) is 0 Å². The molecule has 3 heteroatoms. The minimum atomic E-state index is 0.650. The van der Waals surface area contributed by atoms with Crippen molar-refractivity contribution in [3.63, 3.8) is 0 Å². The summed E-state index contributed by atoms with van der Waals surface area (Å²) in [6, 6.07) is 48.6. The van der Waals surface area contributed by atoms with Crippen LogP contribution in [0.2, 0.25) is 0 Å². The van der Waals surface area contributed by atoms with E-state index in [4.69, 9.17) is 9.97 Å². The molecule has 6 aromatic carbocycles. The minimum absolute atomic E-state index is 0.650. The highest BCUT2D eigenvalue weighted by molar-refractivity contribution is 6.13. The highest BCUT2D eigenvalue weighted by Crippen LogP contribution is 2.40. The molecule has 0 unspecified atom stereocenters. The maximum Gasteiger partial charge on any atom is 0.160 e. The Bertz CT molecular complexity index is 2120. The van der Waals surface area contributed by atoms with Gasteiger partial charge in [-0.25, -0.2) is 9.97 Å². The highest BCUT2D eigenvalue weighted by Gasteiger charge is 2.16. The number of benzene rings is 6. The number of hydrogen-bond acceptors (Lipinski definition) is 3. The van der Waals surface area contributed by atoms with Gasteiger partial charge in [0.05, 0.1) is 17.1 Å². The predicted octanol–water partition coefficient (Wildman–Crippen LogP) is 11.1. The van der Waals surface area contributed by atoms with Crippen molar-refractivity contribution >= 4 is 34.0 Å². The Morgan fingerprint density at radius 2 is 1.11 bits per heavy atom. The van der Waals surface area contributed by atoms with E-state index >= 15 is 0 Å². The summed E-state index contributed by atoms with van der Waals surface area (Å²) in [4.78, 5) is 14.8. The minimum Gasteiger partial charge on any atom is -0.264 e. The molecular formula is C42H31N3. The van der Waals surface area contributed by atoms with Gasteiger partial charge in [0.15, 0.2) is 5.82 Å². The van der Waals surface area contributed by atoms with Crippen molar-refractivity contribution in [1.29, 1.82) is 0 Å². The van der Waals surface area contributed by atoms with Crippen LogP contribution < -0.4 is 0 Å². The van der Waals surface area contributed by atoms with Gasteiger partial charge in [-0.05, 0) is 82.7 Å². The van der Waals surface area contributed by atoms with Gasteiger partial charge in [-0.2, -0.15) is 0 Å². The van der Waals surface area contributed by atoms with Gasteiger partial charge < -0.3 is 0 Å². The summed E-state index contributed by atoms with van der Waals surface area (Å²) in [5.41, 5.74) is 8.69. The molecule has 0 saturated heterocycles. The number of rotatable bonds is 7. The second-order valence-electron chi connectivity index (χ2n) is 10.9. The van der Waals surface area contributed by atoms with Crippen LogP contribution in [-0.2, 0) is 0 Å². The molecule has 1 aromatic heterocycles. The zero-order chi connectivity index (χ0) is 30.6. The van der Waals surface area contributed by atoms with Crippen molar-refractivity contribution in [1.82, 2.24) is 9.97 Å². The van der Waals surface area contributed by atoms with Gasteiger partial charge in [0.1, 0.15) is 0 Å². The van der Waals surface area contributed by atoms with Gasteiger partial charge in [-0.3, -0.25) is 4.99 Å². The van der Waals surface area contributed by atoms with E-state index in [2.05, 4.69) is 115 Å². The van der Waals surface area contributed by atoms with Crippen LogP contribution in [-0.4, -0.2) is 16.7 Å². The fourth-order valence-corrected chi connectivity index (χ4v) is 5.89. The lowest BCUT2D eigenvalue weighted by molar-refractivity contribution is 1.18. The van der Waals surface area contributed by atoms with Crippen molar-refractivity contribution in [3.05, 3.63) is 163 Å². The summed E-state index contributed by atoms with van der Waals surface area (Å²) in [6.45, 7) is 5.91. The SMILES string of the molecule is C=N/C(=C\C=C/C)c1cc(-c2nc(-c3ccccc3)cc(-c3ccccc3)n2)cc(-c2c3ccccc3cc3ccccc23)c1. The van der Waals surface area contributed by atoms with E-state index in [1.165, 1.54) is 27.1 Å². The molecule has 3 nitrogen and oxygen atoms in total. The number of aromatic nitrogens is 2. The van der Waals surface area contributed by atoms with Crippen molar-refractivity contribution in [2.75, 3.05) is 0 Å². The zero-order valence-electron chi connectivity index (χ0n) is 25.1. The van der Waals surface area contributed by atoms with Crippen LogP contribution in [0.5, 0.6) is 0 Å². The first kappa shape index (κ1) is 27.9. The molecular weight excluding hydrogens is 546 g/mol. The number of hydrogen-bond donors (Lipinski definition) is 0. The summed E-state index contributed by atoms with van der Waals surface area (Å²) >= 11 is 0. The Labute approximate surface area is 263 Å². The number of allylic oxidation sites excluding steroid dienone is 3. The summed E-state index contributed by atoms with van der Waals surface area (Å²) in [5, 5.41) is 4.76. The topological polar surface area (TPSA) is 38.1 Å². The third kappa shape index (κ3) is 5.60. The van der Waals surface area contributed by atoms with Crippen LogP contribution in [0.25, 0.3) is 72.3 Å². The monoisotopic (exact) mass is 577 g/mol.